The monoisotopic (exact) mass is 410 g/mol. The Hall–Kier alpha value is -2.41. The number of carbonyl (C=O) groups is 2. The van der Waals surface area contributed by atoms with Crippen LogP contribution in [0.25, 0.3) is 5.65 Å². The van der Waals surface area contributed by atoms with E-state index in [4.69, 9.17) is 5.73 Å². The van der Waals surface area contributed by atoms with Crippen LogP contribution in [0.2, 0.25) is 0 Å². The number of carbonyl (C=O) groups excluding carboxylic acids is 2. The summed E-state index contributed by atoms with van der Waals surface area (Å²) < 4.78 is 1.61. The lowest BCUT2D eigenvalue weighted by Gasteiger charge is -2.57. The highest BCUT2D eigenvalue weighted by Gasteiger charge is 2.51. The minimum absolute atomic E-state index is 0.0540. The number of hydrogen-bond acceptors (Lipinski definition) is 4. The summed E-state index contributed by atoms with van der Waals surface area (Å²) in [6.07, 6.45) is 11.0. The van der Waals surface area contributed by atoms with Crippen molar-refractivity contribution in [2.45, 2.75) is 57.4 Å². The third kappa shape index (κ3) is 3.49. The zero-order valence-corrected chi connectivity index (χ0v) is 17.2. The van der Waals surface area contributed by atoms with Crippen LogP contribution in [0.5, 0.6) is 0 Å². The number of nitrogens with one attached hydrogen (secondary N) is 1. The summed E-state index contributed by atoms with van der Waals surface area (Å²) >= 11 is 0. The number of hydrogen-bond donors (Lipinski definition) is 3. The number of aromatic nitrogens is 2. The molecule has 2 amide bonds. The van der Waals surface area contributed by atoms with E-state index in [9.17, 15) is 14.7 Å². The molecule has 7 nitrogen and oxygen atoms in total. The second-order valence-corrected chi connectivity index (χ2v) is 9.93. The largest absolute Gasteiger partial charge is 0.396 e. The summed E-state index contributed by atoms with van der Waals surface area (Å²) in [5.41, 5.74) is 6.73. The standard InChI is InChI=1S/C23H30N4O3/c24-21(29)18-13-27-19(2-1-3-20(27)26-18)22(30)25-17(4-5-28)12-23-9-14-6-15(10-23)8-16(7-14)11-23/h1-3,13-17,28H,4-12H2,(H2,24,29)(H,25,30). The molecule has 4 saturated carbocycles. The van der Waals surface area contributed by atoms with Gasteiger partial charge in [-0.25, -0.2) is 4.98 Å². The number of nitrogens with zero attached hydrogens (tertiary/aromatic N) is 2. The third-order valence-electron chi connectivity index (χ3n) is 7.63. The van der Waals surface area contributed by atoms with Gasteiger partial charge in [-0.2, -0.15) is 0 Å². The van der Waals surface area contributed by atoms with Crippen LogP contribution in [0.3, 0.4) is 0 Å². The number of pyridine rings is 1. The Morgan fingerprint density at radius 1 is 1.20 bits per heavy atom. The molecule has 0 saturated heterocycles. The van der Waals surface area contributed by atoms with E-state index in [2.05, 4.69) is 10.3 Å². The van der Waals surface area contributed by atoms with Crippen molar-refractivity contribution in [2.75, 3.05) is 6.61 Å². The van der Waals surface area contributed by atoms with Gasteiger partial charge in [0, 0.05) is 18.8 Å². The van der Waals surface area contributed by atoms with Crippen LogP contribution in [0, 0.1) is 23.2 Å². The Labute approximate surface area is 176 Å². The van der Waals surface area contributed by atoms with Gasteiger partial charge < -0.3 is 16.2 Å². The minimum Gasteiger partial charge on any atom is -0.396 e. The summed E-state index contributed by atoms with van der Waals surface area (Å²) in [6, 6.07) is 5.15. The molecule has 160 valence electrons. The van der Waals surface area contributed by atoms with Crippen LogP contribution in [-0.2, 0) is 0 Å². The molecule has 4 aliphatic carbocycles. The molecule has 1 atom stereocenters. The molecule has 2 heterocycles. The molecule has 4 aliphatic rings. The lowest BCUT2D eigenvalue weighted by Crippen LogP contribution is -2.49. The molecule has 7 heteroatoms. The Bertz CT molecular complexity index is 947. The van der Waals surface area contributed by atoms with Crippen molar-refractivity contribution in [3.63, 3.8) is 0 Å². The van der Waals surface area contributed by atoms with E-state index in [1.807, 2.05) is 0 Å². The predicted molar refractivity (Wildman–Crippen MR) is 112 cm³/mol. The molecular formula is C23H30N4O3. The molecule has 2 aromatic heterocycles. The van der Waals surface area contributed by atoms with Crippen molar-refractivity contribution < 1.29 is 14.7 Å². The summed E-state index contributed by atoms with van der Waals surface area (Å²) in [4.78, 5) is 28.8. The second kappa shape index (κ2) is 7.38. The Morgan fingerprint density at radius 3 is 2.47 bits per heavy atom. The third-order valence-corrected chi connectivity index (χ3v) is 7.63. The Balaban J connectivity index is 1.36. The number of aliphatic hydroxyl groups excluding tert-OH is 1. The summed E-state index contributed by atoms with van der Waals surface area (Å²) in [5, 5.41) is 12.8. The fourth-order valence-corrected chi connectivity index (χ4v) is 7.02. The molecule has 4 N–H and O–H groups in total. The van der Waals surface area contributed by atoms with Gasteiger partial charge in [0.1, 0.15) is 17.0 Å². The van der Waals surface area contributed by atoms with Crippen LogP contribution in [0.1, 0.15) is 72.3 Å². The number of rotatable bonds is 7. The van der Waals surface area contributed by atoms with Crippen LogP contribution >= 0.6 is 0 Å². The van der Waals surface area contributed by atoms with Gasteiger partial charge in [-0.15, -0.1) is 0 Å². The number of imidazole rings is 1. The first kappa shape index (κ1) is 19.5. The first-order valence-electron chi connectivity index (χ1n) is 11.1. The quantitative estimate of drug-likeness (QED) is 0.651. The Morgan fingerprint density at radius 2 is 1.87 bits per heavy atom. The van der Waals surface area contributed by atoms with E-state index in [0.29, 0.717) is 23.2 Å². The molecule has 0 aliphatic heterocycles. The molecule has 0 aromatic carbocycles. The number of amides is 2. The minimum atomic E-state index is -0.620. The van der Waals surface area contributed by atoms with E-state index in [-0.39, 0.29) is 24.2 Å². The van der Waals surface area contributed by atoms with Crippen molar-refractivity contribution in [1.29, 1.82) is 0 Å². The summed E-state index contributed by atoms with van der Waals surface area (Å²) in [5.74, 6) is 1.73. The lowest BCUT2D eigenvalue weighted by atomic mass is 9.48. The molecule has 1 unspecified atom stereocenters. The molecule has 2 aromatic rings. The molecule has 4 bridgehead atoms. The summed E-state index contributed by atoms with van der Waals surface area (Å²) in [7, 11) is 0. The molecule has 0 spiro atoms. The van der Waals surface area contributed by atoms with Crippen molar-refractivity contribution >= 4 is 17.5 Å². The average molecular weight is 411 g/mol. The summed E-state index contributed by atoms with van der Waals surface area (Å²) in [6.45, 7) is 0.0540. The van der Waals surface area contributed by atoms with E-state index in [1.165, 1.54) is 44.7 Å². The Kier molecular flexibility index (Phi) is 4.81. The number of primary amides is 1. The highest BCUT2D eigenvalue weighted by molar-refractivity contribution is 5.95. The van der Waals surface area contributed by atoms with Gasteiger partial charge in [0.2, 0.25) is 0 Å². The molecule has 0 radical (unpaired) electrons. The normalized spacial score (nSPS) is 30.5. The van der Waals surface area contributed by atoms with Crippen LogP contribution in [0.4, 0.5) is 0 Å². The highest BCUT2D eigenvalue weighted by atomic mass is 16.3. The fourth-order valence-electron chi connectivity index (χ4n) is 7.02. The fraction of sp³-hybridized carbons (Fsp3) is 0.609. The zero-order valence-electron chi connectivity index (χ0n) is 17.2. The first-order valence-corrected chi connectivity index (χ1v) is 11.1. The topological polar surface area (TPSA) is 110 Å². The van der Waals surface area contributed by atoms with Crippen LogP contribution in [-0.4, -0.2) is 39.0 Å². The molecular weight excluding hydrogens is 380 g/mol. The maximum atomic E-state index is 13.2. The second-order valence-electron chi connectivity index (χ2n) is 9.93. The van der Waals surface area contributed by atoms with Gasteiger partial charge in [0.05, 0.1) is 0 Å². The first-order chi connectivity index (χ1) is 14.4. The van der Waals surface area contributed by atoms with E-state index in [1.54, 1.807) is 22.6 Å². The van der Waals surface area contributed by atoms with Crippen molar-refractivity contribution in [2.24, 2.45) is 28.9 Å². The van der Waals surface area contributed by atoms with E-state index in [0.717, 1.165) is 24.2 Å². The molecule has 6 rings (SSSR count). The van der Waals surface area contributed by atoms with Gasteiger partial charge in [-0.1, -0.05) is 6.07 Å². The van der Waals surface area contributed by atoms with Gasteiger partial charge in [-0.3, -0.25) is 14.0 Å². The number of fused-ring (bicyclic) bond motifs is 1. The highest BCUT2D eigenvalue weighted by Crippen LogP contribution is 2.61. The van der Waals surface area contributed by atoms with E-state index < -0.39 is 5.91 Å². The molecule has 4 fully saturated rings. The number of aliphatic hydroxyl groups is 1. The SMILES string of the molecule is NC(=O)c1cn2c(C(=O)NC(CCO)CC34CC5CC(CC(C5)C3)C4)cccc2n1. The van der Waals surface area contributed by atoms with Gasteiger partial charge in [0.25, 0.3) is 11.8 Å². The maximum absolute atomic E-state index is 13.2. The maximum Gasteiger partial charge on any atom is 0.268 e. The number of nitrogens with two attached hydrogens (primary N) is 1. The van der Waals surface area contributed by atoms with Crippen molar-refractivity contribution in [3.8, 4) is 0 Å². The van der Waals surface area contributed by atoms with E-state index >= 15 is 0 Å². The van der Waals surface area contributed by atoms with Crippen LogP contribution in [0.15, 0.2) is 24.4 Å². The van der Waals surface area contributed by atoms with Crippen molar-refractivity contribution in [3.05, 3.63) is 35.8 Å². The zero-order chi connectivity index (χ0) is 20.9. The lowest BCUT2D eigenvalue weighted by molar-refractivity contribution is -0.0624. The smallest absolute Gasteiger partial charge is 0.268 e. The van der Waals surface area contributed by atoms with Gasteiger partial charge in [-0.05, 0) is 86.7 Å². The van der Waals surface area contributed by atoms with Gasteiger partial charge >= 0.3 is 0 Å². The molecule has 30 heavy (non-hydrogen) atoms. The predicted octanol–water partition coefficient (Wildman–Crippen LogP) is 2.52. The van der Waals surface area contributed by atoms with Crippen molar-refractivity contribution in [1.82, 2.24) is 14.7 Å². The van der Waals surface area contributed by atoms with Gasteiger partial charge in [0.15, 0.2) is 0 Å². The average Bonchev–Trinajstić information content (AvgIpc) is 3.11. The van der Waals surface area contributed by atoms with Crippen LogP contribution < -0.4 is 11.1 Å².